The van der Waals surface area contributed by atoms with Crippen LogP contribution in [0.3, 0.4) is 0 Å². The van der Waals surface area contributed by atoms with E-state index in [-0.39, 0.29) is 29.6 Å². The second kappa shape index (κ2) is 16.2. The standard InChI is InChI=1S/C43H70O17/c1-38(2)11-12-43(37(55)56-6)21(13-38)20-7-8-25-39(3)14-22(48)34(42(18-46,19-47)26(39)9-10-40(25,4)41(20,5)15-27(43)49)60-36-32(54)33(29(51)24(17-45)58-36)59-35-31(53)30(52)28(50)23(16-44)57-35/h7,21-36,44-54H,8-19H2,1-6H3/t21-,22-,23+,24+,25+,26-,27-,28+,29+,30+,31+,32+,33-,34-,35-,36-,39+,40-,41-,43+/m0/s1. The minimum atomic E-state index is -1.89. The highest BCUT2D eigenvalue weighted by molar-refractivity contribution is 5.79. The number of esters is 1. The van der Waals surface area contributed by atoms with Crippen LogP contribution >= 0.6 is 0 Å². The molecule has 2 saturated heterocycles. The number of aliphatic hydroxyl groups excluding tert-OH is 11. The molecule has 20 atom stereocenters. The van der Waals surface area contributed by atoms with Crippen LogP contribution in [0.4, 0.5) is 0 Å². The highest BCUT2D eigenvalue weighted by atomic mass is 16.7. The Hall–Kier alpha value is -1.39. The number of rotatable bonds is 9. The van der Waals surface area contributed by atoms with Crippen molar-refractivity contribution in [1.29, 1.82) is 0 Å². The first kappa shape index (κ1) is 46.6. The van der Waals surface area contributed by atoms with Crippen molar-refractivity contribution in [3.8, 4) is 0 Å². The van der Waals surface area contributed by atoms with Crippen molar-refractivity contribution in [3.63, 3.8) is 0 Å². The summed E-state index contributed by atoms with van der Waals surface area (Å²) < 4.78 is 28.9. The second-order valence-electron chi connectivity index (χ2n) is 20.8. The molecular weight excluding hydrogens is 788 g/mol. The molecule has 17 heteroatoms. The Morgan fingerprint density at radius 1 is 0.733 bits per heavy atom. The summed E-state index contributed by atoms with van der Waals surface area (Å²) in [6.07, 6.45) is -14.1. The number of hydrogen-bond acceptors (Lipinski definition) is 17. The Bertz CT molecular complexity index is 1600. The molecule has 0 bridgehead atoms. The molecule has 0 unspecified atom stereocenters. The molecule has 4 saturated carbocycles. The average Bonchev–Trinajstić information content (AvgIpc) is 3.20. The van der Waals surface area contributed by atoms with Crippen LogP contribution in [-0.2, 0) is 28.5 Å². The summed E-state index contributed by atoms with van der Waals surface area (Å²) in [5.41, 5.74) is -3.15. The van der Waals surface area contributed by atoms with Gasteiger partial charge in [0.15, 0.2) is 12.6 Å². The van der Waals surface area contributed by atoms with E-state index >= 15 is 0 Å². The van der Waals surface area contributed by atoms with Crippen LogP contribution in [0.5, 0.6) is 0 Å². The molecule has 0 radical (unpaired) electrons. The third-order valence-corrected chi connectivity index (χ3v) is 17.6. The van der Waals surface area contributed by atoms with E-state index in [1.165, 1.54) is 12.7 Å². The summed E-state index contributed by atoms with van der Waals surface area (Å²) in [5.74, 6) is -1.16. The van der Waals surface area contributed by atoms with Gasteiger partial charge < -0.3 is 79.9 Å². The van der Waals surface area contributed by atoms with Crippen LogP contribution in [-0.4, -0.2) is 175 Å². The molecule has 344 valence electrons. The molecule has 17 nitrogen and oxygen atoms in total. The van der Waals surface area contributed by atoms with Crippen molar-refractivity contribution in [2.45, 2.75) is 166 Å². The van der Waals surface area contributed by atoms with Crippen molar-refractivity contribution in [3.05, 3.63) is 11.6 Å². The van der Waals surface area contributed by atoms with E-state index in [9.17, 15) is 61.0 Å². The third kappa shape index (κ3) is 6.62. The quantitative estimate of drug-likeness (QED) is 0.0742. The Morgan fingerprint density at radius 2 is 1.35 bits per heavy atom. The van der Waals surface area contributed by atoms with Crippen molar-refractivity contribution in [2.24, 2.45) is 50.2 Å². The summed E-state index contributed by atoms with van der Waals surface area (Å²) in [7, 11) is 1.38. The molecule has 2 aliphatic heterocycles. The zero-order valence-corrected chi connectivity index (χ0v) is 35.7. The van der Waals surface area contributed by atoms with Gasteiger partial charge in [0.05, 0.1) is 51.8 Å². The van der Waals surface area contributed by atoms with E-state index in [4.69, 9.17) is 23.7 Å². The predicted octanol–water partition coefficient (Wildman–Crippen LogP) is -1.14. The second-order valence-corrected chi connectivity index (χ2v) is 20.8. The highest BCUT2D eigenvalue weighted by Gasteiger charge is 2.73. The van der Waals surface area contributed by atoms with Crippen LogP contribution in [0.1, 0.15) is 86.0 Å². The maximum absolute atomic E-state index is 13.7. The number of allylic oxidation sites excluding steroid dienone is 2. The molecule has 5 aliphatic carbocycles. The number of methoxy groups -OCH3 is 1. The number of aliphatic hydroxyl groups is 11. The van der Waals surface area contributed by atoms with E-state index in [1.54, 1.807) is 0 Å². The van der Waals surface area contributed by atoms with Gasteiger partial charge in [0, 0.05) is 5.41 Å². The van der Waals surface area contributed by atoms with E-state index in [1.807, 2.05) is 0 Å². The Kier molecular flexibility index (Phi) is 12.6. The smallest absolute Gasteiger partial charge is 0.315 e. The minimum absolute atomic E-state index is 0.0657. The van der Waals surface area contributed by atoms with Gasteiger partial charge in [-0.05, 0) is 90.8 Å². The van der Waals surface area contributed by atoms with Gasteiger partial charge in [-0.2, -0.15) is 0 Å². The van der Waals surface area contributed by atoms with E-state index in [0.29, 0.717) is 32.1 Å². The summed E-state index contributed by atoms with van der Waals surface area (Å²) >= 11 is 0. The van der Waals surface area contributed by atoms with Crippen LogP contribution in [0, 0.1) is 50.2 Å². The fourth-order valence-electron chi connectivity index (χ4n) is 14.1. The first-order valence-electron chi connectivity index (χ1n) is 21.7. The van der Waals surface area contributed by atoms with Gasteiger partial charge in [-0.25, -0.2) is 0 Å². The maximum atomic E-state index is 13.7. The van der Waals surface area contributed by atoms with Gasteiger partial charge >= 0.3 is 5.97 Å². The number of hydrogen-bond donors (Lipinski definition) is 11. The molecular formula is C43H70O17. The van der Waals surface area contributed by atoms with Crippen molar-refractivity contribution in [2.75, 3.05) is 33.5 Å². The van der Waals surface area contributed by atoms with Gasteiger partial charge in [0.1, 0.15) is 54.2 Å². The lowest BCUT2D eigenvalue weighted by atomic mass is 9.33. The average molecular weight is 859 g/mol. The lowest BCUT2D eigenvalue weighted by molar-refractivity contribution is -0.377. The molecule has 7 rings (SSSR count). The first-order chi connectivity index (χ1) is 28.1. The third-order valence-electron chi connectivity index (χ3n) is 17.6. The molecule has 0 amide bonds. The van der Waals surface area contributed by atoms with Crippen molar-refractivity contribution in [1.82, 2.24) is 0 Å². The number of ether oxygens (including phenoxy) is 5. The van der Waals surface area contributed by atoms with E-state index < -0.39 is 139 Å². The van der Waals surface area contributed by atoms with Gasteiger partial charge in [-0.3, -0.25) is 4.79 Å². The van der Waals surface area contributed by atoms with Crippen LogP contribution in [0.25, 0.3) is 0 Å². The van der Waals surface area contributed by atoms with Crippen LogP contribution in [0.2, 0.25) is 0 Å². The Balaban J connectivity index is 1.19. The number of fused-ring (bicyclic) bond motifs is 7. The molecule has 0 aromatic carbocycles. The minimum Gasteiger partial charge on any atom is -0.468 e. The summed E-state index contributed by atoms with van der Waals surface area (Å²) in [4.78, 5) is 13.7. The van der Waals surface area contributed by atoms with Crippen LogP contribution < -0.4 is 0 Å². The summed E-state index contributed by atoms with van der Waals surface area (Å²) in [5, 5.41) is 121. The molecule has 0 spiro atoms. The fourth-order valence-corrected chi connectivity index (χ4v) is 14.1. The fraction of sp³-hybridized carbons (Fsp3) is 0.930. The zero-order chi connectivity index (χ0) is 44.1. The molecule has 0 aromatic heterocycles. The Labute approximate surface area is 351 Å². The SMILES string of the molecule is COC(=O)[C@]12CCC(C)(C)C[C@H]1C1=CC[C@@H]3[C@@]4(C)C[C@H](O)[C@H](O[C@@H]5O[C@H](CO)[C@@H](O)[C@H](O[C@@H]6O[C@H](CO)[C@@H](O)[C@@H](O)[C@H]6O)[C@H]5O)C(CO)(CO)[C@H]4CC[C@]3(C)[C@@]1(C)C[C@@H]2O. The molecule has 60 heavy (non-hydrogen) atoms. The van der Waals surface area contributed by atoms with E-state index in [0.717, 1.165) is 12.8 Å². The topological polar surface area (TPSA) is 286 Å². The highest BCUT2D eigenvalue weighted by Crippen LogP contribution is 2.76. The molecule has 2 heterocycles. The lowest BCUT2D eigenvalue weighted by Crippen LogP contribution is -2.72. The summed E-state index contributed by atoms with van der Waals surface area (Å²) in [6.45, 7) is 8.15. The number of carbonyl (C=O) groups is 1. The molecule has 11 N–H and O–H groups in total. The van der Waals surface area contributed by atoms with E-state index in [2.05, 4.69) is 40.7 Å². The normalized spacial score (nSPS) is 52.2. The Morgan fingerprint density at radius 3 is 1.95 bits per heavy atom. The largest absolute Gasteiger partial charge is 0.468 e. The lowest BCUT2D eigenvalue weighted by Gasteiger charge is -2.72. The van der Waals surface area contributed by atoms with Gasteiger partial charge in [-0.15, -0.1) is 0 Å². The first-order valence-corrected chi connectivity index (χ1v) is 21.7. The maximum Gasteiger partial charge on any atom is 0.315 e. The van der Waals surface area contributed by atoms with Gasteiger partial charge in [-0.1, -0.05) is 46.3 Å². The molecule has 0 aromatic rings. The van der Waals surface area contributed by atoms with Crippen molar-refractivity contribution < 1.29 is 84.7 Å². The van der Waals surface area contributed by atoms with Gasteiger partial charge in [0.2, 0.25) is 0 Å². The molecule has 7 aliphatic rings. The zero-order valence-electron chi connectivity index (χ0n) is 35.7. The van der Waals surface area contributed by atoms with Crippen molar-refractivity contribution >= 4 is 5.97 Å². The molecule has 6 fully saturated rings. The van der Waals surface area contributed by atoms with Gasteiger partial charge in [0.25, 0.3) is 0 Å². The monoisotopic (exact) mass is 858 g/mol. The predicted molar refractivity (Wildman–Crippen MR) is 208 cm³/mol. The van der Waals surface area contributed by atoms with Crippen LogP contribution in [0.15, 0.2) is 11.6 Å². The summed E-state index contributed by atoms with van der Waals surface area (Å²) in [6, 6.07) is 0. The number of carbonyl (C=O) groups excluding carboxylic acids is 1.